The highest BCUT2D eigenvalue weighted by Crippen LogP contribution is 2.25. The predicted octanol–water partition coefficient (Wildman–Crippen LogP) is 1.71. The smallest absolute Gasteiger partial charge is 0.319 e. The summed E-state index contributed by atoms with van der Waals surface area (Å²) >= 11 is 0. The largest absolute Gasteiger partial charge is 0.468 e. The number of ether oxygens (including phenoxy) is 1. The lowest BCUT2D eigenvalue weighted by Gasteiger charge is -2.33. The first-order chi connectivity index (χ1) is 9.49. The SMILES string of the molecule is CCC(C)NC(=O)C(C)N(CC(=O)OC)C1CCCC1. The van der Waals surface area contributed by atoms with E-state index in [4.69, 9.17) is 4.74 Å². The van der Waals surface area contributed by atoms with E-state index in [9.17, 15) is 9.59 Å². The predicted molar refractivity (Wildman–Crippen MR) is 78.3 cm³/mol. The summed E-state index contributed by atoms with van der Waals surface area (Å²) in [7, 11) is 1.39. The van der Waals surface area contributed by atoms with Gasteiger partial charge in [0, 0.05) is 12.1 Å². The van der Waals surface area contributed by atoms with E-state index < -0.39 is 0 Å². The third kappa shape index (κ3) is 4.78. The summed E-state index contributed by atoms with van der Waals surface area (Å²) in [6.07, 6.45) is 5.35. The monoisotopic (exact) mass is 284 g/mol. The molecule has 1 fully saturated rings. The summed E-state index contributed by atoms with van der Waals surface area (Å²) in [6, 6.07) is 0.173. The second-order valence-corrected chi connectivity index (χ2v) is 5.68. The molecule has 0 spiro atoms. The van der Waals surface area contributed by atoms with E-state index in [0.717, 1.165) is 19.3 Å². The minimum Gasteiger partial charge on any atom is -0.468 e. The van der Waals surface area contributed by atoms with Crippen molar-refractivity contribution in [2.45, 2.75) is 71.0 Å². The molecule has 1 amide bonds. The quantitative estimate of drug-likeness (QED) is 0.723. The number of hydrogen-bond acceptors (Lipinski definition) is 4. The zero-order valence-corrected chi connectivity index (χ0v) is 13.1. The first-order valence-electron chi connectivity index (χ1n) is 7.62. The van der Waals surface area contributed by atoms with Crippen molar-refractivity contribution in [2.24, 2.45) is 0 Å². The van der Waals surface area contributed by atoms with Crippen molar-refractivity contribution in [1.29, 1.82) is 0 Å². The minimum atomic E-state index is -0.300. The van der Waals surface area contributed by atoms with E-state index in [2.05, 4.69) is 5.32 Å². The highest BCUT2D eigenvalue weighted by Gasteiger charge is 2.32. The van der Waals surface area contributed by atoms with Crippen molar-refractivity contribution in [2.75, 3.05) is 13.7 Å². The maximum absolute atomic E-state index is 12.3. The molecule has 0 aromatic rings. The van der Waals surface area contributed by atoms with Crippen LogP contribution in [0, 0.1) is 0 Å². The second-order valence-electron chi connectivity index (χ2n) is 5.68. The van der Waals surface area contributed by atoms with Gasteiger partial charge in [0.1, 0.15) is 0 Å². The van der Waals surface area contributed by atoms with Crippen molar-refractivity contribution in [3.63, 3.8) is 0 Å². The zero-order valence-electron chi connectivity index (χ0n) is 13.1. The van der Waals surface area contributed by atoms with Crippen molar-refractivity contribution in [3.8, 4) is 0 Å². The van der Waals surface area contributed by atoms with Crippen LogP contribution in [0.25, 0.3) is 0 Å². The summed E-state index contributed by atoms with van der Waals surface area (Å²) in [5.74, 6) is -0.282. The van der Waals surface area contributed by atoms with Gasteiger partial charge in [0.25, 0.3) is 0 Å². The van der Waals surface area contributed by atoms with Gasteiger partial charge in [-0.05, 0) is 33.1 Å². The molecule has 0 bridgehead atoms. The standard InChI is InChI=1S/C15H28N2O3/c1-5-11(2)16-15(19)12(3)17(10-14(18)20-4)13-8-6-7-9-13/h11-13H,5-10H2,1-4H3,(H,16,19). The zero-order chi connectivity index (χ0) is 15.1. The molecule has 1 saturated carbocycles. The van der Waals surface area contributed by atoms with Gasteiger partial charge in [0.15, 0.2) is 0 Å². The van der Waals surface area contributed by atoms with Crippen LogP contribution >= 0.6 is 0 Å². The lowest BCUT2D eigenvalue weighted by Crippen LogP contribution is -2.52. The Labute approximate surface area is 122 Å². The Kier molecular flexibility index (Phi) is 6.99. The van der Waals surface area contributed by atoms with Crippen LogP contribution in [0.3, 0.4) is 0 Å². The molecule has 116 valence electrons. The Morgan fingerprint density at radius 3 is 2.40 bits per heavy atom. The molecule has 5 heteroatoms. The normalized spacial score (nSPS) is 18.9. The summed E-state index contributed by atoms with van der Waals surface area (Å²) in [6.45, 7) is 6.10. The Hall–Kier alpha value is -1.10. The molecule has 0 heterocycles. The molecule has 2 atom stereocenters. The molecule has 1 aliphatic rings. The van der Waals surface area contributed by atoms with Crippen LogP contribution in [0.15, 0.2) is 0 Å². The number of carbonyl (C=O) groups is 2. The van der Waals surface area contributed by atoms with E-state index in [1.54, 1.807) is 0 Å². The van der Waals surface area contributed by atoms with E-state index >= 15 is 0 Å². The fraction of sp³-hybridized carbons (Fsp3) is 0.867. The van der Waals surface area contributed by atoms with Crippen LogP contribution < -0.4 is 5.32 Å². The number of esters is 1. The Morgan fingerprint density at radius 2 is 1.90 bits per heavy atom. The molecule has 5 nitrogen and oxygen atoms in total. The van der Waals surface area contributed by atoms with Gasteiger partial charge in [-0.1, -0.05) is 19.8 Å². The van der Waals surface area contributed by atoms with E-state index in [-0.39, 0.29) is 30.5 Å². The molecule has 0 aliphatic heterocycles. The number of methoxy groups -OCH3 is 1. The molecular formula is C15H28N2O3. The molecule has 1 aliphatic carbocycles. The van der Waals surface area contributed by atoms with Crippen LogP contribution in [-0.4, -0.2) is 48.6 Å². The van der Waals surface area contributed by atoms with Crippen LogP contribution in [0.4, 0.5) is 0 Å². The van der Waals surface area contributed by atoms with Gasteiger partial charge >= 0.3 is 5.97 Å². The van der Waals surface area contributed by atoms with Gasteiger partial charge < -0.3 is 10.1 Å². The lowest BCUT2D eigenvalue weighted by atomic mass is 10.1. The second kappa shape index (κ2) is 8.25. The number of carbonyl (C=O) groups excluding carboxylic acids is 2. The average Bonchev–Trinajstić information content (AvgIpc) is 2.97. The first kappa shape index (κ1) is 17.0. The average molecular weight is 284 g/mol. The Bertz CT molecular complexity index is 327. The molecule has 0 radical (unpaired) electrons. The van der Waals surface area contributed by atoms with Crippen molar-refractivity contribution in [3.05, 3.63) is 0 Å². The maximum Gasteiger partial charge on any atom is 0.319 e. The molecular weight excluding hydrogens is 256 g/mol. The van der Waals surface area contributed by atoms with Crippen LogP contribution in [0.1, 0.15) is 52.9 Å². The lowest BCUT2D eigenvalue weighted by molar-refractivity contribution is -0.144. The third-order valence-electron chi connectivity index (χ3n) is 4.21. The summed E-state index contributed by atoms with van der Waals surface area (Å²) < 4.78 is 4.76. The van der Waals surface area contributed by atoms with Gasteiger partial charge in [-0.2, -0.15) is 0 Å². The van der Waals surface area contributed by atoms with E-state index in [0.29, 0.717) is 6.04 Å². The number of nitrogens with zero attached hydrogens (tertiary/aromatic N) is 1. The molecule has 2 unspecified atom stereocenters. The number of amides is 1. The molecule has 0 aromatic carbocycles. The first-order valence-corrected chi connectivity index (χ1v) is 7.62. The highest BCUT2D eigenvalue weighted by molar-refractivity contribution is 5.82. The van der Waals surface area contributed by atoms with E-state index in [1.165, 1.54) is 20.0 Å². The molecule has 1 N–H and O–H groups in total. The van der Waals surface area contributed by atoms with Crippen molar-refractivity contribution < 1.29 is 14.3 Å². The van der Waals surface area contributed by atoms with Gasteiger partial charge in [-0.3, -0.25) is 14.5 Å². The van der Waals surface area contributed by atoms with Gasteiger partial charge in [0.2, 0.25) is 5.91 Å². The molecule has 0 aromatic heterocycles. The fourth-order valence-electron chi connectivity index (χ4n) is 2.65. The Morgan fingerprint density at radius 1 is 1.30 bits per heavy atom. The van der Waals surface area contributed by atoms with E-state index in [1.807, 2.05) is 25.7 Å². The van der Waals surface area contributed by atoms with Gasteiger partial charge in [0.05, 0.1) is 19.7 Å². The van der Waals surface area contributed by atoms with Crippen molar-refractivity contribution >= 4 is 11.9 Å². The molecule has 0 saturated heterocycles. The highest BCUT2D eigenvalue weighted by atomic mass is 16.5. The van der Waals surface area contributed by atoms with Gasteiger partial charge in [-0.25, -0.2) is 0 Å². The fourth-order valence-corrected chi connectivity index (χ4v) is 2.65. The number of rotatable bonds is 7. The van der Waals surface area contributed by atoms with Crippen LogP contribution in [0.2, 0.25) is 0 Å². The summed E-state index contributed by atoms with van der Waals surface area (Å²) in [4.78, 5) is 25.9. The van der Waals surface area contributed by atoms with Gasteiger partial charge in [-0.15, -0.1) is 0 Å². The maximum atomic E-state index is 12.3. The number of nitrogens with one attached hydrogen (secondary N) is 1. The molecule has 1 rings (SSSR count). The van der Waals surface area contributed by atoms with Crippen molar-refractivity contribution in [1.82, 2.24) is 10.2 Å². The third-order valence-corrected chi connectivity index (χ3v) is 4.21. The summed E-state index contributed by atoms with van der Waals surface area (Å²) in [5, 5.41) is 2.99. The topological polar surface area (TPSA) is 58.6 Å². The summed E-state index contributed by atoms with van der Waals surface area (Å²) in [5.41, 5.74) is 0. The van der Waals surface area contributed by atoms with Crippen LogP contribution in [-0.2, 0) is 14.3 Å². The minimum absolute atomic E-state index is 0.00449. The number of hydrogen-bond donors (Lipinski definition) is 1. The van der Waals surface area contributed by atoms with Crippen LogP contribution in [0.5, 0.6) is 0 Å². The molecule has 20 heavy (non-hydrogen) atoms. The Balaban J connectivity index is 2.69.